The van der Waals surface area contributed by atoms with Gasteiger partial charge in [-0.05, 0) is 12.0 Å². The van der Waals surface area contributed by atoms with Gasteiger partial charge in [0.15, 0.2) is 6.39 Å². The van der Waals surface area contributed by atoms with Gasteiger partial charge in [0, 0.05) is 24.5 Å². The first-order valence-electron chi connectivity index (χ1n) is 8.30. The van der Waals surface area contributed by atoms with Crippen LogP contribution < -0.4 is 0 Å². The molecule has 2 rings (SSSR count). The Bertz CT molecular complexity index is 587. The SMILES string of the molecule is CCC(c1ccccc1)N(CCO)Cc1ncoc1C(C)(C)C. The topological polar surface area (TPSA) is 49.5 Å². The molecule has 1 atom stereocenters. The van der Waals surface area contributed by atoms with Gasteiger partial charge in [0.25, 0.3) is 0 Å². The number of aliphatic hydroxyl groups excluding tert-OH is 1. The molecule has 1 aromatic heterocycles. The maximum absolute atomic E-state index is 9.50. The molecular formula is C19H28N2O2. The minimum atomic E-state index is -0.0782. The highest BCUT2D eigenvalue weighted by Gasteiger charge is 2.26. The zero-order valence-corrected chi connectivity index (χ0v) is 14.6. The zero-order valence-electron chi connectivity index (χ0n) is 14.6. The molecular weight excluding hydrogens is 288 g/mol. The third-order valence-corrected chi connectivity index (χ3v) is 4.07. The molecule has 4 nitrogen and oxygen atoms in total. The van der Waals surface area contributed by atoms with Gasteiger partial charge >= 0.3 is 0 Å². The smallest absolute Gasteiger partial charge is 0.181 e. The van der Waals surface area contributed by atoms with Crippen molar-refractivity contribution >= 4 is 0 Å². The largest absolute Gasteiger partial charge is 0.448 e. The Morgan fingerprint density at radius 1 is 1.22 bits per heavy atom. The van der Waals surface area contributed by atoms with Gasteiger partial charge < -0.3 is 9.52 Å². The second-order valence-electron chi connectivity index (χ2n) is 6.91. The van der Waals surface area contributed by atoms with Crippen LogP contribution in [0.4, 0.5) is 0 Å². The fourth-order valence-electron chi connectivity index (χ4n) is 3.04. The summed E-state index contributed by atoms with van der Waals surface area (Å²) in [5.74, 6) is 0.920. The number of nitrogens with zero attached hydrogens (tertiary/aromatic N) is 2. The molecule has 126 valence electrons. The molecule has 0 aliphatic heterocycles. The number of hydrogen-bond acceptors (Lipinski definition) is 4. The Balaban J connectivity index is 2.26. The third-order valence-electron chi connectivity index (χ3n) is 4.07. The summed E-state index contributed by atoms with van der Waals surface area (Å²) in [6.07, 6.45) is 2.50. The minimum Gasteiger partial charge on any atom is -0.448 e. The monoisotopic (exact) mass is 316 g/mol. The molecule has 1 aromatic carbocycles. The van der Waals surface area contributed by atoms with Gasteiger partial charge in [-0.25, -0.2) is 4.98 Å². The number of aromatic nitrogens is 1. The Labute approximate surface area is 139 Å². The van der Waals surface area contributed by atoms with E-state index in [-0.39, 0.29) is 18.1 Å². The fourth-order valence-corrected chi connectivity index (χ4v) is 3.04. The van der Waals surface area contributed by atoms with Crippen molar-refractivity contribution in [3.05, 3.63) is 53.7 Å². The molecule has 2 aromatic rings. The predicted octanol–water partition coefficient (Wildman–Crippen LogP) is 3.92. The van der Waals surface area contributed by atoms with Crippen molar-refractivity contribution < 1.29 is 9.52 Å². The lowest BCUT2D eigenvalue weighted by Gasteiger charge is -2.31. The minimum absolute atomic E-state index is 0.0782. The maximum Gasteiger partial charge on any atom is 0.181 e. The summed E-state index contributed by atoms with van der Waals surface area (Å²) in [5, 5.41) is 9.50. The summed E-state index contributed by atoms with van der Waals surface area (Å²) in [4.78, 5) is 6.71. The van der Waals surface area contributed by atoms with Crippen LogP contribution in [-0.2, 0) is 12.0 Å². The van der Waals surface area contributed by atoms with Crippen molar-refractivity contribution in [3.63, 3.8) is 0 Å². The van der Waals surface area contributed by atoms with Gasteiger partial charge in [-0.2, -0.15) is 0 Å². The third kappa shape index (κ3) is 4.43. The van der Waals surface area contributed by atoms with E-state index in [1.165, 1.54) is 12.0 Å². The summed E-state index contributed by atoms with van der Waals surface area (Å²) in [6, 6.07) is 10.7. The Kier molecular flexibility index (Phi) is 5.97. The Morgan fingerprint density at radius 2 is 1.91 bits per heavy atom. The highest BCUT2D eigenvalue weighted by molar-refractivity contribution is 5.20. The molecule has 1 unspecified atom stereocenters. The van der Waals surface area contributed by atoms with Crippen molar-refractivity contribution in [3.8, 4) is 0 Å². The van der Waals surface area contributed by atoms with Crippen molar-refractivity contribution in [2.45, 2.75) is 52.1 Å². The second-order valence-corrected chi connectivity index (χ2v) is 6.91. The van der Waals surface area contributed by atoms with Gasteiger partial charge in [0.1, 0.15) is 5.76 Å². The van der Waals surface area contributed by atoms with Crippen LogP contribution in [0.15, 0.2) is 41.1 Å². The molecule has 23 heavy (non-hydrogen) atoms. The van der Waals surface area contributed by atoms with Gasteiger partial charge in [0.05, 0.1) is 12.3 Å². The van der Waals surface area contributed by atoms with E-state index < -0.39 is 0 Å². The van der Waals surface area contributed by atoms with Crippen LogP contribution in [0.2, 0.25) is 0 Å². The van der Waals surface area contributed by atoms with Crippen molar-refractivity contribution in [2.75, 3.05) is 13.2 Å². The number of oxazole rings is 1. The molecule has 0 saturated carbocycles. The summed E-state index contributed by atoms with van der Waals surface area (Å²) < 4.78 is 5.63. The van der Waals surface area contributed by atoms with Crippen LogP contribution in [0, 0.1) is 0 Å². The Hall–Kier alpha value is -1.65. The van der Waals surface area contributed by atoms with Crippen LogP contribution in [0.5, 0.6) is 0 Å². The van der Waals surface area contributed by atoms with E-state index in [0.29, 0.717) is 13.1 Å². The van der Waals surface area contributed by atoms with E-state index >= 15 is 0 Å². The average molecular weight is 316 g/mol. The number of aliphatic hydroxyl groups is 1. The standard InChI is InChI=1S/C19H28N2O2/c1-5-17(15-9-7-6-8-10-15)21(11-12-22)13-16-18(19(2,3)4)23-14-20-16/h6-10,14,17,22H,5,11-13H2,1-4H3. The van der Waals surface area contributed by atoms with Gasteiger partial charge in [-0.15, -0.1) is 0 Å². The number of benzene rings is 1. The highest BCUT2D eigenvalue weighted by atomic mass is 16.3. The van der Waals surface area contributed by atoms with Crippen molar-refractivity contribution in [1.29, 1.82) is 0 Å². The fraction of sp³-hybridized carbons (Fsp3) is 0.526. The van der Waals surface area contributed by atoms with Crippen molar-refractivity contribution in [1.82, 2.24) is 9.88 Å². The van der Waals surface area contributed by atoms with E-state index in [4.69, 9.17) is 4.42 Å². The quantitative estimate of drug-likeness (QED) is 0.841. The predicted molar refractivity (Wildman–Crippen MR) is 92.2 cm³/mol. The second kappa shape index (κ2) is 7.75. The normalized spacial score (nSPS) is 13.5. The van der Waals surface area contributed by atoms with E-state index in [0.717, 1.165) is 17.9 Å². The number of hydrogen-bond donors (Lipinski definition) is 1. The molecule has 0 fully saturated rings. The summed E-state index contributed by atoms with van der Waals surface area (Å²) in [7, 11) is 0. The molecule has 1 heterocycles. The Morgan fingerprint density at radius 3 is 2.48 bits per heavy atom. The highest BCUT2D eigenvalue weighted by Crippen LogP contribution is 2.30. The number of rotatable bonds is 7. The van der Waals surface area contributed by atoms with Crippen LogP contribution in [0.1, 0.15) is 57.2 Å². The lowest BCUT2D eigenvalue weighted by atomic mass is 9.91. The summed E-state index contributed by atoms with van der Waals surface area (Å²) in [6.45, 7) is 9.98. The molecule has 0 aliphatic carbocycles. The first-order valence-corrected chi connectivity index (χ1v) is 8.30. The average Bonchev–Trinajstić information content (AvgIpc) is 2.98. The molecule has 1 N–H and O–H groups in total. The first-order chi connectivity index (χ1) is 11.0. The maximum atomic E-state index is 9.50. The van der Waals surface area contributed by atoms with E-state index in [1.54, 1.807) is 0 Å². The molecule has 0 radical (unpaired) electrons. The van der Waals surface area contributed by atoms with Gasteiger partial charge in [-0.1, -0.05) is 58.0 Å². The van der Waals surface area contributed by atoms with E-state index in [2.05, 4.69) is 61.8 Å². The summed E-state index contributed by atoms with van der Waals surface area (Å²) in [5.41, 5.74) is 2.15. The van der Waals surface area contributed by atoms with Crippen LogP contribution in [0.25, 0.3) is 0 Å². The van der Waals surface area contributed by atoms with Gasteiger partial charge in [0.2, 0.25) is 0 Å². The lowest BCUT2D eigenvalue weighted by molar-refractivity contribution is 0.137. The summed E-state index contributed by atoms with van der Waals surface area (Å²) >= 11 is 0. The van der Waals surface area contributed by atoms with Crippen LogP contribution in [-0.4, -0.2) is 28.1 Å². The molecule has 0 saturated heterocycles. The molecule has 0 spiro atoms. The van der Waals surface area contributed by atoms with Crippen LogP contribution in [0.3, 0.4) is 0 Å². The van der Waals surface area contributed by atoms with E-state index in [1.807, 2.05) is 6.07 Å². The lowest BCUT2D eigenvalue weighted by Crippen LogP contribution is -2.32. The molecule has 0 aliphatic rings. The van der Waals surface area contributed by atoms with Gasteiger partial charge in [-0.3, -0.25) is 4.90 Å². The molecule has 0 amide bonds. The molecule has 4 heteroatoms. The van der Waals surface area contributed by atoms with Crippen LogP contribution >= 0.6 is 0 Å². The molecule has 0 bridgehead atoms. The van der Waals surface area contributed by atoms with Crippen molar-refractivity contribution in [2.24, 2.45) is 0 Å². The first kappa shape index (κ1) is 17.7. The van der Waals surface area contributed by atoms with E-state index in [9.17, 15) is 5.11 Å². The zero-order chi connectivity index (χ0) is 16.9.